The van der Waals surface area contributed by atoms with E-state index in [1.807, 2.05) is 0 Å². The van der Waals surface area contributed by atoms with Crippen molar-refractivity contribution in [3.63, 3.8) is 0 Å². The molecule has 1 aliphatic rings. The van der Waals surface area contributed by atoms with Gasteiger partial charge >= 0.3 is 4.87 Å². The van der Waals surface area contributed by atoms with Crippen molar-refractivity contribution in [3.8, 4) is 0 Å². The van der Waals surface area contributed by atoms with E-state index < -0.39 is 0 Å². The number of hydrogen-bond acceptors (Lipinski definition) is 2. The summed E-state index contributed by atoms with van der Waals surface area (Å²) in [6, 6.07) is 0. The molecule has 1 aromatic heterocycles. The lowest BCUT2D eigenvalue weighted by Crippen LogP contribution is -2.09. The van der Waals surface area contributed by atoms with Gasteiger partial charge in [0.25, 0.3) is 0 Å². The van der Waals surface area contributed by atoms with Gasteiger partial charge in [0.2, 0.25) is 0 Å². The number of aryl methyl sites for hydroxylation is 1. The van der Waals surface area contributed by atoms with Crippen molar-refractivity contribution >= 4 is 11.3 Å². The second kappa shape index (κ2) is 2.48. The molecule has 0 aliphatic heterocycles. The molecule has 2 nitrogen and oxygen atoms in total. The van der Waals surface area contributed by atoms with Crippen LogP contribution in [0.5, 0.6) is 0 Å². The van der Waals surface area contributed by atoms with Gasteiger partial charge in [-0.15, -0.1) is 0 Å². The fourth-order valence-electron chi connectivity index (χ4n) is 1.57. The highest BCUT2D eigenvalue weighted by Gasteiger charge is 2.17. The molecule has 0 fully saturated rings. The molecule has 0 bridgehead atoms. The minimum atomic E-state index is 0.115. The zero-order chi connectivity index (χ0) is 7.84. The number of hydrogen-bond donors (Lipinski definition) is 1. The average molecular weight is 169 g/mol. The van der Waals surface area contributed by atoms with Gasteiger partial charge in [0.1, 0.15) is 0 Å². The van der Waals surface area contributed by atoms with Gasteiger partial charge in [0.05, 0.1) is 0 Å². The third-order valence-corrected chi connectivity index (χ3v) is 3.17. The minimum absolute atomic E-state index is 0.115. The summed E-state index contributed by atoms with van der Waals surface area (Å²) in [4.78, 5) is 15.2. The van der Waals surface area contributed by atoms with Crippen LogP contribution in [0.15, 0.2) is 4.79 Å². The van der Waals surface area contributed by atoms with Gasteiger partial charge in [0, 0.05) is 10.6 Å². The molecule has 1 N–H and O–H groups in total. The molecular formula is C8H11NOS. The Bertz CT molecular complexity index is 312. The summed E-state index contributed by atoms with van der Waals surface area (Å²) in [5, 5.41) is 0. The lowest BCUT2D eigenvalue weighted by atomic mass is 9.93. The van der Waals surface area contributed by atoms with Crippen LogP contribution in [0.4, 0.5) is 0 Å². The van der Waals surface area contributed by atoms with Gasteiger partial charge in [-0.3, -0.25) is 4.79 Å². The Kier molecular flexibility index (Phi) is 1.60. The summed E-state index contributed by atoms with van der Waals surface area (Å²) < 4.78 is 0. The largest absolute Gasteiger partial charge is 0.316 e. The van der Waals surface area contributed by atoms with Gasteiger partial charge in [-0.25, -0.2) is 0 Å². The molecule has 0 unspecified atom stereocenters. The quantitative estimate of drug-likeness (QED) is 0.628. The molecule has 1 aromatic rings. The highest BCUT2D eigenvalue weighted by atomic mass is 32.1. The van der Waals surface area contributed by atoms with Crippen molar-refractivity contribution in [2.24, 2.45) is 5.92 Å². The van der Waals surface area contributed by atoms with Crippen molar-refractivity contribution in [1.29, 1.82) is 0 Å². The van der Waals surface area contributed by atoms with Gasteiger partial charge in [-0.2, -0.15) is 0 Å². The number of nitrogens with one attached hydrogen (secondary N) is 1. The van der Waals surface area contributed by atoms with Crippen LogP contribution in [0.2, 0.25) is 0 Å². The van der Waals surface area contributed by atoms with Gasteiger partial charge < -0.3 is 4.98 Å². The molecule has 1 aliphatic carbocycles. The van der Waals surface area contributed by atoms with Crippen LogP contribution in [0, 0.1) is 5.92 Å². The number of aromatic nitrogens is 1. The fourth-order valence-corrected chi connectivity index (χ4v) is 2.61. The molecule has 11 heavy (non-hydrogen) atoms. The first-order valence-electron chi connectivity index (χ1n) is 3.96. The van der Waals surface area contributed by atoms with Crippen LogP contribution in [0.25, 0.3) is 0 Å². The van der Waals surface area contributed by atoms with Crippen molar-refractivity contribution in [2.75, 3.05) is 0 Å². The molecule has 0 saturated carbocycles. The summed E-state index contributed by atoms with van der Waals surface area (Å²) in [5.41, 5.74) is 1.19. The number of fused-ring (bicyclic) bond motifs is 1. The van der Waals surface area contributed by atoms with Crippen molar-refractivity contribution in [1.82, 2.24) is 4.98 Å². The van der Waals surface area contributed by atoms with E-state index in [0.29, 0.717) is 0 Å². The normalized spacial score (nSPS) is 23.2. The Balaban J connectivity index is 2.41. The number of H-pyrrole nitrogens is 1. The molecule has 3 heteroatoms. The van der Waals surface area contributed by atoms with Crippen LogP contribution in [-0.2, 0) is 12.8 Å². The fraction of sp³-hybridized carbons (Fsp3) is 0.625. The zero-order valence-corrected chi connectivity index (χ0v) is 7.33. The number of rotatable bonds is 0. The first-order valence-corrected chi connectivity index (χ1v) is 4.78. The molecule has 0 radical (unpaired) electrons. The molecule has 0 saturated heterocycles. The predicted octanol–water partition coefficient (Wildman–Crippen LogP) is 1.56. The Labute approximate surface area is 69.3 Å². The Morgan fingerprint density at radius 3 is 3.27 bits per heavy atom. The van der Waals surface area contributed by atoms with Gasteiger partial charge in [-0.05, 0) is 25.2 Å². The summed E-state index contributed by atoms with van der Waals surface area (Å²) in [5.74, 6) is 0.758. The molecule has 1 heterocycles. The summed E-state index contributed by atoms with van der Waals surface area (Å²) in [7, 11) is 0. The Morgan fingerprint density at radius 1 is 1.64 bits per heavy atom. The molecule has 0 amide bonds. The van der Waals surface area contributed by atoms with Crippen molar-refractivity contribution in [2.45, 2.75) is 26.2 Å². The smallest absolute Gasteiger partial charge is 0.304 e. The monoisotopic (exact) mass is 169 g/mol. The maximum Gasteiger partial charge on any atom is 0.304 e. The summed E-state index contributed by atoms with van der Waals surface area (Å²) >= 11 is 1.38. The van der Waals surface area contributed by atoms with Gasteiger partial charge in [0.15, 0.2) is 0 Å². The predicted molar refractivity (Wildman–Crippen MR) is 46.1 cm³/mol. The zero-order valence-electron chi connectivity index (χ0n) is 6.52. The molecule has 0 spiro atoms. The van der Waals surface area contributed by atoms with Crippen LogP contribution in [0.1, 0.15) is 23.9 Å². The van der Waals surface area contributed by atoms with E-state index in [9.17, 15) is 4.79 Å². The first-order chi connectivity index (χ1) is 5.25. The Hall–Kier alpha value is -0.570. The topological polar surface area (TPSA) is 32.9 Å². The number of thiazole rings is 1. The van der Waals surface area contributed by atoms with E-state index in [2.05, 4.69) is 11.9 Å². The lowest BCUT2D eigenvalue weighted by Gasteiger charge is -2.16. The third kappa shape index (κ3) is 1.25. The highest BCUT2D eigenvalue weighted by Crippen LogP contribution is 2.24. The van der Waals surface area contributed by atoms with E-state index in [4.69, 9.17) is 0 Å². The molecule has 0 aromatic carbocycles. The second-order valence-corrected chi connectivity index (χ2v) is 4.33. The van der Waals surface area contributed by atoms with Crippen molar-refractivity contribution in [3.05, 3.63) is 20.2 Å². The summed E-state index contributed by atoms with van der Waals surface area (Å²) in [6.07, 6.45) is 3.38. The van der Waals surface area contributed by atoms with E-state index in [1.54, 1.807) is 0 Å². The van der Waals surface area contributed by atoms with E-state index >= 15 is 0 Å². The molecular weight excluding hydrogens is 158 g/mol. The standard InChI is InChI=1S/C8H11NOS/c1-5-2-3-6-7(4-5)11-8(10)9-6/h5H,2-4H2,1H3,(H,9,10)/t5-/m1/s1. The maximum atomic E-state index is 10.9. The molecule has 60 valence electrons. The van der Waals surface area contributed by atoms with E-state index in [-0.39, 0.29) is 4.87 Å². The average Bonchev–Trinajstić information content (AvgIpc) is 2.27. The van der Waals surface area contributed by atoms with Crippen LogP contribution in [0.3, 0.4) is 0 Å². The van der Waals surface area contributed by atoms with Crippen LogP contribution in [-0.4, -0.2) is 4.98 Å². The molecule has 2 rings (SSSR count). The maximum absolute atomic E-state index is 10.9. The molecule has 1 atom stereocenters. The van der Waals surface area contributed by atoms with Gasteiger partial charge in [-0.1, -0.05) is 18.3 Å². The number of aromatic amines is 1. The van der Waals surface area contributed by atoms with E-state index in [0.717, 1.165) is 18.8 Å². The second-order valence-electron chi connectivity index (χ2n) is 3.26. The van der Waals surface area contributed by atoms with E-state index in [1.165, 1.54) is 28.3 Å². The van der Waals surface area contributed by atoms with Crippen molar-refractivity contribution < 1.29 is 0 Å². The van der Waals surface area contributed by atoms with Crippen LogP contribution < -0.4 is 4.87 Å². The summed E-state index contributed by atoms with van der Waals surface area (Å²) in [6.45, 7) is 2.24. The lowest BCUT2D eigenvalue weighted by molar-refractivity contribution is 0.501. The highest BCUT2D eigenvalue weighted by molar-refractivity contribution is 7.09. The third-order valence-electron chi connectivity index (χ3n) is 2.23. The minimum Gasteiger partial charge on any atom is -0.316 e. The SMILES string of the molecule is C[C@@H]1CCc2[nH]c(=O)sc2C1. The first kappa shape index (κ1) is 7.10. The Morgan fingerprint density at radius 2 is 2.45 bits per heavy atom. The van der Waals surface area contributed by atoms with Crippen LogP contribution >= 0.6 is 11.3 Å².